The second kappa shape index (κ2) is 8.78. The van der Waals surface area contributed by atoms with E-state index in [4.69, 9.17) is 14.2 Å². The third kappa shape index (κ3) is 4.76. The smallest absolute Gasteiger partial charge is 0.204 e. The van der Waals surface area contributed by atoms with Gasteiger partial charge in [-0.2, -0.15) is 0 Å². The Labute approximate surface area is 148 Å². The molecule has 132 valence electrons. The normalized spacial score (nSPS) is 10.6. The van der Waals surface area contributed by atoms with Gasteiger partial charge in [-0.25, -0.2) is 0 Å². The van der Waals surface area contributed by atoms with E-state index in [-0.39, 0.29) is 5.78 Å². The van der Waals surface area contributed by atoms with Crippen molar-refractivity contribution in [3.63, 3.8) is 0 Å². The Morgan fingerprint density at radius 2 is 1.72 bits per heavy atom. The molecule has 0 aliphatic rings. The molecule has 5 nitrogen and oxygen atoms in total. The minimum absolute atomic E-state index is 0.169. The van der Waals surface area contributed by atoms with Crippen LogP contribution in [0.1, 0.15) is 15.9 Å². The highest BCUT2D eigenvalue weighted by molar-refractivity contribution is 6.07. The first-order valence-corrected chi connectivity index (χ1v) is 7.87. The molecule has 0 unspecified atom stereocenters. The molecule has 2 aromatic rings. The van der Waals surface area contributed by atoms with E-state index < -0.39 is 0 Å². The number of rotatable bonds is 8. The number of carbonyl (C=O) groups is 1. The maximum Gasteiger partial charge on any atom is 0.204 e. The van der Waals surface area contributed by atoms with Gasteiger partial charge in [0.2, 0.25) is 5.75 Å². The highest BCUT2D eigenvalue weighted by Crippen LogP contribution is 2.40. The molecule has 0 bridgehead atoms. The summed E-state index contributed by atoms with van der Waals surface area (Å²) in [7, 11) is 6.78. The standard InChI is InChI=1S/C20H23NO4/c1-21(2)13-12-17(22)16-10-11-18(23-3)20(24-4)19(16)25-14-15-8-6-5-7-9-15/h5-13H,14H2,1-4H3/b13-12+. The molecule has 0 saturated heterocycles. The van der Waals surface area contributed by atoms with Gasteiger partial charge < -0.3 is 19.1 Å². The molecule has 0 N–H and O–H groups in total. The summed E-state index contributed by atoms with van der Waals surface area (Å²) in [4.78, 5) is 14.4. The Morgan fingerprint density at radius 1 is 1.00 bits per heavy atom. The molecule has 0 spiro atoms. The van der Waals surface area contributed by atoms with Crippen molar-refractivity contribution in [3.05, 3.63) is 65.9 Å². The Balaban J connectivity index is 2.39. The second-order valence-electron chi connectivity index (χ2n) is 5.60. The summed E-state index contributed by atoms with van der Waals surface area (Å²) in [5, 5.41) is 0. The molecule has 25 heavy (non-hydrogen) atoms. The first-order chi connectivity index (χ1) is 12.1. The first kappa shape index (κ1) is 18.4. The molecular formula is C20H23NO4. The van der Waals surface area contributed by atoms with Crippen molar-refractivity contribution in [2.75, 3.05) is 28.3 Å². The van der Waals surface area contributed by atoms with Crippen LogP contribution in [0, 0.1) is 0 Å². The number of hydrogen-bond donors (Lipinski definition) is 0. The van der Waals surface area contributed by atoms with Crippen molar-refractivity contribution in [3.8, 4) is 17.2 Å². The lowest BCUT2D eigenvalue weighted by Gasteiger charge is -2.16. The SMILES string of the molecule is COc1ccc(C(=O)/C=C/N(C)C)c(OCc2ccccc2)c1OC. The molecule has 0 fully saturated rings. The fourth-order valence-corrected chi connectivity index (χ4v) is 2.27. The zero-order valence-electron chi connectivity index (χ0n) is 15.0. The summed E-state index contributed by atoms with van der Waals surface area (Å²) >= 11 is 0. The van der Waals surface area contributed by atoms with Gasteiger partial charge in [-0.05, 0) is 17.7 Å². The summed E-state index contributed by atoms with van der Waals surface area (Å²) in [5.74, 6) is 1.12. The van der Waals surface area contributed by atoms with Gasteiger partial charge in [0.15, 0.2) is 17.3 Å². The van der Waals surface area contributed by atoms with Gasteiger partial charge in [0.25, 0.3) is 0 Å². The molecule has 5 heteroatoms. The summed E-state index contributed by atoms with van der Waals surface area (Å²) < 4.78 is 16.7. The van der Waals surface area contributed by atoms with E-state index in [1.807, 2.05) is 44.4 Å². The van der Waals surface area contributed by atoms with Gasteiger partial charge in [-0.15, -0.1) is 0 Å². The molecule has 0 heterocycles. The fourth-order valence-electron chi connectivity index (χ4n) is 2.27. The van der Waals surface area contributed by atoms with Gasteiger partial charge >= 0.3 is 0 Å². The van der Waals surface area contributed by atoms with E-state index in [1.54, 1.807) is 30.3 Å². The van der Waals surface area contributed by atoms with Crippen LogP contribution in [0.15, 0.2) is 54.7 Å². The van der Waals surface area contributed by atoms with Gasteiger partial charge in [0.1, 0.15) is 6.61 Å². The van der Waals surface area contributed by atoms with Crippen molar-refractivity contribution >= 4 is 5.78 Å². The molecule has 2 rings (SSSR count). The van der Waals surface area contributed by atoms with E-state index in [1.165, 1.54) is 13.2 Å². The first-order valence-electron chi connectivity index (χ1n) is 7.87. The largest absolute Gasteiger partial charge is 0.493 e. The highest BCUT2D eigenvalue weighted by Gasteiger charge is 2.20. The maximum atomic E-state index is 12.6. The summed E-state index contributed by atoms with van der Waals surface area (Å²) in [6, 6.07) is 13.1. The molecule has 0 saturated carbocycles. The molecule has 0 amide bonds. The number of hydrogen-bond acceptors (Lipinski definition) is 5. The van der Waals surface area contributed by atoms with Crippen molar-refractivity contribution in [2.45, 2.75) is 6.61 Å². The van der Waals surface area contributed by atoms with Crippen LogP contribution >= 0.6 is 0 Å². The van der Waals surface area contributed by atoms with E-state index in [0.717, 1.165) is 5.56 Å². The average Bonchev–Trinajstić information content (AvgIpc) is 2.64. The third-order valence-corrected chi connectivity index (χ3v) is 3.52. The second-order valence-corrected chi connectivity index (χ2v) is 5.60. The molecule has 0 aliphatic carbocycles. The van der Waals surface area contributed by atoms with Crippen LogP contribution in [0.25, 0.3) is 0 Å². The van der Waals surface area contributed by atoms with Crippen LogP contribution in [-0.4, -0.2) is 39.0 Å². The van der Waals surface area contributed by atoms with Crippen LogP contribution < -0.4 is 14.2 Å². The minimum Gasteiger partial charge on any atom is -0.493 e. The Morgan fingerprint density at radius 3 is 2.32 bits per heavy atom. The lowest BCUT2D eigenvalue weighted by atomic mass is 10.1. The van der Waals surface area contributed by atoms with E-state index in [0.29, 0.717) is 29.4 Å². The van der Waals surface area contributed by atoms with Crippen molar-refractivity contribution < 1.29 is 19.0 Å². The van der Waals surface area contributed by atoms with Gasteiger partial charge in [-0.3, -0.25) is 4.79 Å². The minimum atomic E-state index is -0.169. The van der Waals surface area contributed by atoms with Crippen LogP contribution in [0.4, 0.5) is 0 Å². The van der Waals surface area contributed by atoms with Crippen molar-refractivity contribution in [2.24, 2.45) is 0 Å². The maximum absolute atomic E-state index is 12.6. The van der Waals surface area contributed by atoms with Crippen LogP contribution in [0.3, 0.4) is 0 Å². The molecular weight excluding hydrogens is 318 g/mol. The van der Waals surface area contributed by atoms with Crippen molar-refractivity contribution in [1.82, 2.24) is 4.90 Å². The zero-order valence-corrected chi connectivity index (χ0v) is 15.0. The number of ether oxygens (including phenoxy) is 3. The number of ketones is 1. The Kier molecular flexibility index (Phi) is 6.46. The lowest BCUT2D eigenvalue weighted by Crippen LogP contribution is -2.07. The van der Waals surface area contributed by atoms with Crippen molar-refractivity contribution in [1.29, 1.82) is 0 Å². The summed E-state index contributed by atoms with van der Waals surface area (Å²) in [6.07, 6.45) is 3.19. The quantitative estimate of drug-likeness (QED) is 0.543. The lowest BCUT2D eigenvalue weighted by molar-refractivity contribution is 0.104. The predicted octanol–water partition coefficient (Wildman–Crippen LogP) is 3.54. The molecule has 0 aliphatic heterocycles. The number of carbonyl (C=O) groups excluding carboxylic acids is 1. The summed E-state index contributed by atoms with van der Waals surface area (Å²) in [6.45, 7) is 0.321. The fraction of sp³-hybridized carbons (Fsp3) is 0.250. The molecule has 0 radical (unpaired) electrons. The summed E-state index contributed by atoms with van der Waals surface area (Å²) in [5.41, 5.74) is 1.42. The monoisotopic (exact) mass is 341 g/mol. The van der Waals surface area contributed by atoms with E-state index in [9.17, 15) is 4.79 Å². The number of benzene rings is 2. The van der Waals surface area contributed by atoms with Gasteiger partial charge in [0.05, 0.1) is 19.8 Å². The van der Waals surface area contributed by atoms with Gasteiger partial charge in [0, 0.05) is 26.4 Å². The van der Waals surface area contributed by atoms with Crippen LogP contribution in [0.5, 0.6) is 17.2 Å². The van der Waals surface area contributed by atoms with E-state index >= 15 is 0 Å². The third-order valence-electron chi connectivity index (χ3n) is 3.52. The van der Waals surface area contributed by atoms with Crippen LogP contribution in [0.2, 0.25) is 0 Å². The number of nitrogens with zero attached hydrogens (tertiary/aromatic N) is 1. The molecule has 0 atom stereocenters. The average molecular weight is 341 g/mol. The topological polar surface area (TPSA) is 48.0 Å². The number of allylic oxidation sites excluding steroid dienone is 1. The molecule has 2 aromatic carbocycles. The van der Waals surface area contributed by atoms with Gasteiger partial charge in [-0.1, -0.05) is 30.3 Å². The predicted molar refractivity (Wildman–Crippen MR) is 97.5 cm³/mol. The highest BCUT2D eigenvalue weighted by atomic mass is 16.5. The van der Waals surface area contributed by atoms with E-state index in [2.05, 4.69) is 0 Å². The Bertz CT molecular complexity index is 739. The zero-order chi connectivity index (χ0) is 18.2. The molecule has 0 aromatic heterocycles. The Hall–Kier alpha value is -2.95. The van der Waals surface area contributed by atoms with Crippen LogP contribution in [-0.2, 0) is 6.61 Å². The number of methoxy groups -OCH3 is 2.